The fourth-order valence-corrected chi connectivity index (χ4v) is 1.97. The topological polar surface area (TPSA) is 81.0 Å². The summed E-state index contributed by atoms with van der Waals surface area (Å²) in [5.74, 6) is 1.31. The van der Waals surface area contributed by atoms with Crippen molar-refractivity contribution in [2.75, 3.05) is 6.61 Å². The van der Waals surface area contributed by atoms with E-state index in [9.17, 15) is 4.79 Å². The van der Waals surface area contributed by atoms with Crippen LogP contribution in [0.1, 0.15) is 30.0 Å². The van der Waals surface area contributed by atoms with Crippen LogP contribution in [0.4, 0.5) is 0 Å². The summed E-state index contributed by atoms with van der Waals surface area (Å²) >= 11 is 5.96. The summed E-state index contributed by atoms with van der Waals surface area (Å²) in [4.78, 5) is 18.5. The normalized spacial score (nSPS) is 12.2. The molecule has 0 aliphatic heterocycles. The average Bonchev–Trinajstić information content (AvgIpc) is 2.42. The van der Waals surface area contributed by atoms with Gasteiger partial charge in [-0.3, -0.25) is 4.79 Å². The molecule has 2 rings (SSSR count). The van der Waals surface area contributed by atoms with Crippen LogP contribution in [0.25, 0.3) is 0 Å². The number of ether oxygens (including phenoxy) is 1. The van der Waals surface area contributed by atoms with Crippen molar-refractivity contribution in [2.24, 2.45) is 5.73 Å². The first-order valence-electron chi connectivity index (χ1n) is 6.70. The first-order chi connectivity index (χ1) is 9.95. The molecule has 0 saturated carbocycles. The molecule has 0 fully saturated rings. The van der Waals surface area contributed by atoms with Crippen molar-refractivity contribution >= 4 is 11.6 Å². The summed E-state index contributed by atoms with van der Waals surface area (Å²) in [6, 6.07) is 6.62. The Bertz CT molecular complexity index is 683. The quantitative estimate of drug-likeness (QED) is 0.888. The Morgan fingerprint density at radius 1 is 1.43 bits per heavy atom. The number of aromatic nitrogens is 2. The lowest BCUT2D eigenvalue weighted by atomic mass is 10.2. The van der Waals surface area contributed by atoms with Gasteiger partial charge in [0.2, 0.25) is 0 Å². The van der Waals surface area contributed by atoms with Gasteiger partial charge in [0.05, 0.1) is 12.3 Å². The molecule has 5 nitrogen and oxygen atoms in total. The van der Waals surface area contributed by atoms with E-state index < -0.39 is 0 Å². The predicted octanol–water partition coefficient (Wildman–Crippen LogP) is 2.37. The number of rotatable bonds is 5. The van der Waals surface area contributed by atoms with Crippen molar-refractivity contribution in [3.05, 3.63) is 56.7 Å². The Morgan fingerprint density at radius 2 is 2.19 bits per heavy atom. The largest absolute Gasteiger partial charge is 0.493 e. The molecule has 112 valence electrons. The fourth-order valence-electron chi connectivity index (χ4n) is 1.85. The highest BCUT2D eigenvalue weighted by Crippen LogP contribution is 2.21. The number of benzene rings is 1. The highest BCUT2D eigenvalue weighted by atomic mass is 35.5. The Hall–Kier alpha value is -1.85. The van der Waals surface area contributed by atoms with Gasteiger partial charge in [0.1, 0.15) is 11.6 Å². The minimum Gasteiger partial charge on any atom is -0.493 e. The number of hydrogen-bond donors (Lipinski definition) is 2. The molecule has 3 N–H and O–H groups in total. The van der Waals surface area contributed by atoms with E-state index in [1.807, 2.05) is 19.1 Å². The maximum Gasteiger partial charge on any atom is 0.251 e. The number of aromatic amines is 1. The number of nitrogens with zero attached hydrogens (tertiary/aromatic N) is 1. The van der Waals surface area contributed by atoms with E-state index in [2.05, 4.69) is 9.97 Å². The van der Waals surface area contributed by atoms with Crippen LogP contribution in [0.5, 0.6) is 5.75 Å². The Morgan fingerprint density at radius 3 is 2.86 bits per heavy atom. The van der Waals surface area contributed by atoms with Crippen LogP contribution in [0.15, 0.2) is 29.1 Å². The van der Waals surface area contributed by atoms with Crippen LogP contribution in [-0.4, -0.2) is 16.6 Å². The molecule has 1 atom stereocenters. The molecule has 0 spiro atoms. The molecular weight excluding hydrogens is 290 g/mol. The summed E-state index contributed by atoms with van der Waals surface area (Å²) in [7, 11) is 0. The van der Waals surface area contributed by atoms with E-state index in [1.54, 1.807) is 13.0 Å². The minimum atomic E-state index is -0.272. The summed E-state index contributed by atoms with van der Waals surface area (Å²) in [5.41, 5.74) is 7.08. The van der Waals surface area contributed by atoms with Crippen molar-refractivity contribution in [3.8, 4) is 5.75 Å². The molecule has 1 unspecified atom stereocenters. The molecule has 1 aromatic carbocycles. The zero-order valence-electron chi connectivity index (χ0n) is 12.0. The fraction of sp³-hybridized carbons (Fsp3) is 0.333. The van der Waals surface area contributed by atoms with Crippen LogP contribution in [0, 0.1) is 6.92 Å². The molecule has 0 bridgehead atoms. The van der Waals surface area contributed by atoms with Gasteiger partial charge < -0.3 is 15.5 Å². The van der Waals surface area contributed by atoms with E-state index >= 15 is 0 Å². The molecular formula is C15H18ClN3O2. The Balaban J connectivity index is 2.00. The molecule has 0 radical (unpaired) electrons. The van der Waals surface area contributed by atoms with Crippen LogP contribution in [-0.2, 0) is 6.42 Å². The second-order valence-electron chi connectivity index (χ2n) is 4.92. The van der Waals surface area contributed by atoms with Crippen molar-refractivity contribution in [2.45, 2.75) is 26.3 Å². The number of H-pyrrole nitrogens is 1. The van der Waals surface area contributed by atoms with E-state index in [-0.39, 0.29) is 11.6 Å². The first-order valence-corrected chi connectivity index (χ1v) is 7.08. The molecule has 0 saturated heterocycles. The molecule has 1 aromatic heterocycles. The van der Waals surface area contributed by atoms with Crippen molar-refractivity contribution in [1.29, 1.82) is 0 Å². The van der Waals surface area contributed by atoms with Gasteiger partial charge in [0.25, 0.3) is 5.56 Å². The number of nitrogens with one attached hydrogen (secondary N) is 1. The monoisotopic (exact) mass is 307 g/mol. The van der Waals surface area contributed by atoms with Gasteiger partial charge in [0.15, 0.2) is 0 Å². The molecule has 1 heterocycles. The molecule has 6 heteroatoms. The van der Waals surface area contributed by atoms with Crippen molar-refractivity contribution < 1.29 is 4.74 Å². The highest BCUT2D eigenvalue weighted by molar-refractivity contribution is 6.31. The van der Waals surface area contributed by atoms with E-state index in [4.69, 9.17) is 22.1 Å². The lowest BCUT2D eigenvalue weighted by Gasteiger charge is -2.09. The van der Waals surface area contributed by atoms with Crippen molar-refractivity contribution in [1.82, 2.24) is 9.97 Å². The van der Waals surface area contributed by atoms with Crippen LogP contribution >= 0.6 is 11.6 Å². The van der Waals surface area contributed by atoms with Gasteiger partial charge in [0, 0.05) is 23.6 Å². The second kappa shape index (κ2) is 6.74. The predicted molar refractivity (Wildman–Crippen MR) is 82.8 cm³/mol. The van der Waals surface area contributed by atoms with E-state index in [0.29, 0.717) is 29.6 Å². The van der Waals surface area contributed by atoms with Gasteiger partial charge in [-0.25, -0.2) is 4.98 Å². The van der Waals surface area contributed by atoms with Gasteiger partial charge in [-0.15, -0.1) is 0 Å². The summed E-state index contributed by atoms with van der Waals surface area (Å²) in [6.07, 6.45) is 0.497. The van der Waals surface area contributed by atoms with E-state index in [0.717, 1.165) is 11.3 Å². The zero-order valence-corrected chi connectivity index (χ0v) is 12.8. The number of halogens is 1. The first kappa shape index (κ1) is 15.5. The lowest BCUT2D eigenvalue weighted by molar-refractivity contribution is 0.318. The maximum absolute atomic E-state index is 11.5. The smallest absolute Gasteiger partial charge is 0.251 e. The zero-order chi connectivity index (χ0) is 15.4. The molecule has 0 aliphatic rings. The summed E-state index contributed by atoms with van der Waals surface area (Å²) < 4.78 is 5.63. The third-order valence-electron chi connectivity index (χ3n) is 3.01. The van der Waals surface area contributed by atoms with Gasteiger partial charge >= 0.3 is 0 Å². The second-order valence-corrected chi connectivity index (χ2v) is 5.32. The van der Waals surface area contributed by atoms with E-state index in [1.165, 1.54) is 6.07 Å². The average molecular weight is 308 g/mol. The SMILES string of the molecule is Cc1cc(OCCc2nc(C(C)N)cc(=O)[nH]2)ccc1Cl. The standard InChI is InChI=1S/C15H18ClN3O2/c1-9-7-11(3-4-12(9)16)21-6-5-14-18-13(10(2)17)8-15(20)19-14/h3-4,7-8,10H,5-6,17H2,1-2H3,(H,18,19,20). The number of nitrogens with two attached hydrogens (primary N) is 1. The third kappa shape index (κ3) is 4.31. The third-order valence-corrected chi connectivity index (χ3v) is 3.44. The van der Waals surface area contributed by atoms with Crippen LogP contribution in [0.2, 0.25) is 5.02 Å². The summed E-state index contributed by atoms with van der Waals surface area (Å²) in [6.45, 7) is 4.12. The molecule has 0 amide bonds. The number of hydrogen-bond acceptors (Lipinski definition) is 4. The maximum atomic E-state index is 11.5. The minimum absolute atomic E-state index is 0.199. The van der Waals surface area contributed by atoms with Gasteiger partial charge in [-0.2, -0.15) is 0 Å². The van der Waals surface area contributed by atoms with Gasteiger partial charge in [-0.1, -0.05) is 11.6 Å². The van der Waals surface area contributed by atoms with Crippen LogP contribution in [0.3, 0.4) is 0 Å². The number of aryl methyl sites for hydroxylation is 1. The van der Waals surface area contributed by atoms with Crippen LogP contribution < -0.4 is 16.0 Å². The molecule has 2 aromatic rings. The molecule has 0 aliphatic carbocycles. The van der Waals surface area contributed by atoms with Gasteiger partial charge in [-0.05, 0) is 37.6 Å². The lowest BCUT2D eigenvalue weighted by Crippen LogP contribution is -2.18. The summed E-state index contributed by atoms with van der Waals surface area (Å²) in [5, 5.41) is 0.706. The molecule has 21 heavy (non-hydrogen) atoms. The Labute approximate surface area is 128 Å². The Kier molecular flexibility index (Phi) is 4.98. The highest BCUT2D eigenvalue weighted by Gasteiger charge is 2.06. The van der Waals surface area contributed by atoms with Crippen molar-refractivity contribution in [3.63, 3.8) is 0 Å².